The molecule has 0 aromatic rings. The molecule has 0 bridgehead atoms. The zero-order chi connectivity index (χ0) is 23.3. The molecule has 6 heteroatoms. The second-order valence-corrected chi connectivity index (χ2v) is 12.9. The lowest BCUT2D eigenvalue weighted by molar-refractivity contribution is -0.280. The van der Waals surface area contributed by atoms with Crippen LogP contribution in [0.2, 0.25) is 0 Å². The molecule has 3 saturated carbocycles. The van der Waals surface area contributed by atoms with Crippen LogP contribution in [-0.2, 0) is 9.47 Å². The number of aliphatic hydroxyl groups excluding tert-OH is 4. The van der Waals surface area contributed by atoms with Gasteiger partial charge in [-0.3, -0.25) is 0 Å². The van der Waals surface area contributed by atoms with Gasteiger partial charge in [0.25, 0.3) is 0 Å². The molecule has 6 rings (SSSR count). The van der Waals surface area contributed by atoms with Crippen molar-refractivity contribution in [2.75, 3.05) is 13.2 Å². The Bertz CT molecular complexity index is 819. The van der Waals surface area contributed by atoms with Crippen molar-refractivity contribution in [1.82, 2.24) is 0 Å². The molecule has 0 aromatic carbocycles. The van der Waals surface area contributed by atoms with E-state index in [0.717, 1.165) is 32.1 Å². The molecule has 2 saturated heterocycles. The summed E-state index contributed by atoms with van der Waals surface area (Å²) in [6.07, 6.45) is 6.18. The smallest absolute Gasteiger partial charge is 0.174 e. The van der Waals surface area contributed by atoms with Gasteiger partial charge in [0.05, 0.1) is 37.6 Å². The molecule has 6 aliphatic rings. The van der Waals surface area contributed by atoms with E-state index in [1.807, 2.05) is 6.08 Å². The molecule has 186 valence electrons. The van der Waals surface area contributed by atoms with Crippen LogP contribution in [-0.4, -0.2) is 63.8 Å². The quantitative estimate of drug-likeness (QED) is 0.447. The summed E-state index contributed by atoms with van der Waals surface area (Å²) in [5, 5.41) is 44.0. The molecule has 0 radical (unpaired) electrons. The summed E-state index contributed by atoms with van der Waals surface area (Å²) in [5.41, 5.74) is 0.674. The van der Waals surface area contributed by atoms with Crippen LogP contribution in [0.15, 0.2) is 11.6 Å². The monoisotopic (exact) mass is 462 g/mol. The van der Waals surface area contributed by atoms with Crippen molar-refractivity contribution in [2.24, 2.45) is 46.3 Å². The summed E-state index contributed by atoms with van der Waals surface area (Å²) in [6.45, 7) is 7.33. The van der Waals surface area contributed by atoms with Gasteiger partial charge in [-0.05, 0) is 67.6 Å². The third kappa shape index (κ3) is 2.94. The van der Waals surface area contributed by atoms with E-state index in [4.69, 9.17) is 9.47 Å². The maximum Gasteiger partial charge on any atom is 0.174 e. The lowest BCUT2D eigenvalue weighted by Gasteiger charge is -2.61. The Morgan fingerprint density at radius 2 is 1.85 bits per heavy atom. The number of rotatable bonds is 1. The van der Waals surface area contributed by atoms with Gasteiger partial charge in [0.15, 0.2) is 5.79 Å². The van der Waals surface area contributed by atoms with Crippen LogP contribution in [0.25, 0.3) is 0 Å². The number of aliphatic hydroxyl groups is 4. The van der Waals surface area contributed by atoms with Crippen molar-refractivity contribution < 1.29 is 29.9 Å². The van der Waals surface area contributed by atoms with Crippen LogP contribution in [0.1, 0.15) is 65.7 Å². The van der Waals surface area contributed by atoms with Crippen LogP contribution < -0.4 is 0 Å². The van der Waals surface area contributed by atoms with Gasteiger partial charge >= 0.3 is 0 Å². The minimum absolute atomic E-state index is 0.000874. The van der Waals surface area contributed by atoms with Gasteiger partial charge in [-0.25, -0.2) is 0 Å². The predicted molar refractivity (Wildman–Crippen MR) is 122 cm³/mol. The summed E-state index contributed by atoms with van der Waals surface area (Å²) in [6, 6.07) is 0. The Labute approximate surface area is 197 Å². The standard InChI is InChI=1S/C27H42O6/c1-14-4-7-27(32-13-14)19(12-28)24-21(33-27)10-18-23-17(11-22(31)26(18,24)3)25(2)6-5-16(29)8-15(25)9-20(23)30/h9,14,16-24,28-31H,4-8,10-13H2,1-3H3/t14-,16+,17+,18+,19+,20-,21+,22-,23-,24+,25+,26-,27-/m1/s1. The Morgan fingerprint density at radius 1 is 1.06 bits per heavy atom. The van der Waals surface area contributed by atoms with E-state index in [-0.39, 0.29) is 53.8 Å². The molecular formula is C27H42O6. The third-order valence-corrected chi connectivity index (χ3v) is 11.4. The van der Waals surface area contributed by atoms with Crippen molar-refractivity contribution in [3.63, 3.8) is 0 Å². The molecule has 4 N–H and O–H groups in total. The first kappa shape index (κ1) is 22.9. The first-order chi connectivity index (χ1) is 15.6. The van der Waals surface area contributed by atoms with Crippen molar-refractivity contribution in [1.29, 1.82) is 0 Å². The maximum atomic E-state index is 11.8. The summed E-state index contributed by atoms with van der Waals surface area (Å²) in [4.78, 5) is 0. The molecule has 0 amide bonds. The summed E-state index contributed by atoms with van der Waals surface area (Å²) in [5.74, 6) is 0.0339. The lowest BCUT2D eigenvalue weighted by Crippen LogP contribution is -2.61. The fourth-order valence-corrected chi connectivity index (χ4v) is 9.60. The van der Waals surface area contributed by atoms with E-state index in [1.165, 1.54) is 5.57 Å². The highest BCUT2D eigenvalue weighted by molar-refractivity contribution is 5.29. The first-order valence-electron chi connectivity index (χ1n) is 13.3. The highest BCUT2D eigenvalue weighted by Gasteiger charge is 2.72. The average molecular weight is 463 g/mol. The molecular weight excluding hydrogens is 420 g/mol. The van der Waals surface area contributed by atoms with E-state index >= 15 is 0 Å². The maximum absolute atomic E-state index is 11.8. The third-order valence-electron chi connectivity index (χ3n) is 11.4. The molecule has 5 fully saturated rings. The Morgan fingerprint density at radius 3 is 2.55 bits per heavy atom. The average Bonchev–Trinajstić information content (AvgIpc) is 3.23. The van der Waals surface area contributed by atoms with Gasteiger partial charge in [0, 0.05) is 23.7 Å². The van der Waals surface area contributed by atoms with Crippen LogP contribution >= 0.6 is 0 Å². The largest absolute Gasteiger partial charge is 0.396 e. The Hall–Kier alpha value is -0.500. The fraction of sp³-hybridized carbons (Fsp3) is 0.926. The normalized spacial score (nSPS) is 60.0. The van der Waals surface area contributed by atoms with E-state index < -0.39 is 23.4 Å². The summed E-state index contributed by atoms with van der Waals surface area (Å²) in [7, 11) is 0. The van der Waals surface area contributed by atoms with Gasteiger partial charge in [0.1, 0.15) is 0 Å². The fourth-order valence-electron chi connectivity index (χ4n) is 9.60. The summed E-state index contributed by atoms with van der Waals surface area (Å²) >= 11 is 0. The molecule has 2 aliphatic heterocycles. The van der Waals surface area contributed by atoms with E-state index in [1.54, 1.807) is 0 Å². The molecule has 0 unspecified atom stereocenters. The zero-order valence-corrected chi connectivity index (χ0v) is 20.3. The van der Waals surface area contributed by atoms with Gasteiger partial charge in [-0.15, -0.1) is 0 Å². The minimum Gasteiger partial charge on any atom is -0.396 e. The van der Waals surface area contributed by atoms with E-state index in [2.05, 4.69) is 20.8 Å². The highest BCUT2D eigenvalue weighted by atomic mass is 16.7. The van der Waals surface area contributed by atoms with E-state index in [0.29, 0.717) is 25.4 Å². The van der Waals surface area contributed by atoms with Gasteiger partial charge in [-0.1, -0.05) is 32.4 Å². The van der Waals surface area contributed by atoms with Crippen LogP contribution in [0.5, 0.6) is 0 Å². The van der Waals surface area contributed by atoms with Gasteiger partial charge < -0.3 is 29.9 Å². The van der Waals surface area contributed by atoms with Crippen LogP contribution in [0.3, 0.4) is 0 Å². The number of hydrogen-bond acceptors (Lipinski definition) is 6. The second kappa shape index (κ2) is 7.50. The molecule has 4 aliphatic carbocycles. The number of fused-ring (bicyclic) bond motifs is 7. The molecule has 0 aromatic heterocycles. The SMILES string of the molecule is C[C@@H]1CC[C@@]2(OC1)O[C@H]1C[C@H]3[C@@H]4[C@H](O)C=C5C[C@@H](O)CC[C@]5(C)[C@H]4C[C@@H](O)[C@]3(C)[C@H]1[C@@H]2CO. The van der Waals surface area contributed by atoms with Crippen molar-refractivity contribution in [2.45, 2.75) is 95.9 Å². The lowest BCUT2D eigenvalue weighted by atomic mass is 9.45. The van der Waals surface area contributed by atoms with Crippen molar-refractivity contribution in [3.8, 4) is 0 Å². The summed E-state index contributed by atoms with van der Waals surface area (Å²) < 4.78 is 13.0. The predicted octanol–water partition coefficient (Wildman–Crippen LogP) is 2.63. The Kier molecular flexibility index (Phi) is 5.21. The Balaban J connectivity index is 1.36. The molecule has 2 heterocycles. The minimum atomic E-state index is -0.731. The van der Waals surface area contributed by atoms with Gasteiger partial charge in [0.2, 0.25) is 0 Å². The highest BCUT2D eigenvalue weighted by Crippen LogP contribution is 2.70. The molecule has 6 nitrogen and oxygen atoms in total. The van der Waals surface area contributed by atoms with Crippen molar-refractivity contribution in [3.05, 3.63) is 11.6 Å². The zero-order valence-electron chi connectivity index (χ0n) is 20.3. The second-order valence-electron chi connectivity index (χ2n) is 12.9. The molecule has 1 spiro atoms. The van der Waals surface area contributed by atoms with Crippen LogP contribution in [0, 0.1) is 46.3 Å². The number of hydrogen-bond donors (Lipinski definition) is 4. The number of ether oxygens (including phenoxy) is 2. The molecule has 33 heavy (non-hydrogen) atoms. The van der Waals surface area contributed by atoms with Crippen molar-refractivity contribution >= 4 is 0 Å². The molecule has 13 atom stereocenters. The van der Waals surface area contributed by atoms with Gasteiger partial charge in [-0.2, -0.15) is 0 Å². The topological polar surface area (TPSA) is 99.4 Å². The first-order valence-corrected chi connectivity index (χ1v) is 13.3. The van der Waals surface area contributed by atoms with E-state index in [9.17, 15) is 20.4 Å². The van der Waals surface area contributed by atoms with Crippen LogP contribution in [0.4, 0.5) is 0 Å².